The molecule has 66 valence electrons. The van der Waals surface area contributed by atoms with Crippen molar-refractivity contribution in [1.82, 2.24) is 10.3 Å². The van der Waals surface area contributed by atoms with E-state index in [4.69, 9.17) is 5.84 Å². The summed E-state index contributed by atoms with van der Waals surface area (Å²) in [4.78, 5) is 13.0. The lowest BCUT2D eigenvalue weighted by Gasteiger charge is -2.25. The molecule has 1 atom stereocenters. The molecule has 0 rings (SSSR count). The maximum atomic E-state index is 11.1. The molecule has 1 amide bonds. The van der Waals surface area contributed by atoms with Gasteiger partial charge in [0.15, 0.2) is 0 Å². The van der Waals surface area contributed by atoms with Gasteiger partial charge in [0, 0.05) is 0 Å². The van der Waals surface area contributed by atoms with Crippen LogP contribution in [0.5, 0.6) is 0 Å². The number of carbonyl (C=O) groups excluding carboxylic acids is 1. The molecular weight excluding hydrogens is 142 g/mol. The number of rotatable bonds is 3. The first-order valence-corrected chi connectivity index (χ1v) is 3.67. The van der Waals surface area contributed by atoms with E-state index in [9.17, 15) is 4.79 Å². The Kier molecular flexibility index (Phi) is 4.07. The molecule has 0 heterocycles. The predicted octanol–water partition coefficient (Wildman–Crippen LogP) is -0.437. The van der Waals surface area contributed by atoms with Gasteiger partial charge in [-0.1, -0.05) is 13.8 Å². The molecule has 4 nitrogen and oxygen atoms in total. The molecule has 0 spiro atoms. The highest BCUT2D eigenvalue weighted by Gasteiger charge is 2.22. The summed E-state index contributed by atoms with van der Waals surface area (Å²) in [5, 5.41) is 0. The monoisotopic (exact) mass is 159 g/mol. The van der Waals surface area contributed by atoms with Crippen LogP contribution < -0.4 is 11.3 Å². The zero-order chi connectivity index (χ0) is 9.02. The zero-order valence-electron chi connectivity index (χ0n) is 7.59. The first kappa shape index (κ1) is 10.4. The summed E-state index contributed by atoms with van der Waals surface area (Å²) >= 11 is 0. The fourth-order valence-electron chi connectivity index (χ4n) is 1.22. The molecule has 0 aliphatic heterocycles. The van der Waals surface area contributed by atoms with Crippen LogP contribution in [0.4, 0.5) is 0 Å². The van der Waals surface area contributed by atoms with Gasteiger partial charge in [-0.25, -0.2) is 5.84 Å². The van der Waals surface area contributed by atoms with Crippen LogP contribution in [-0.4, -0.2) is 30.9 Å². The van der Waals surface area contributed by atoms with Gasteiger partial charge in [0.05, 0.1) is 6.04 Å². The number of hydrogen-bond acceptors (Lipinski definition) is 3. The van der Waals surface area contributed by atoms with Crippen LogP contribution in [0.25, 0.3) is 0 Å². The second-order valence-electron chi connectivity index (χ2n) is 3.16. The first-order chi connectivity index (χ1) is 5.00. The lowest BCUT2D eigenvalue weighted by molar-refractivity contribution is -0.127. The largest absolute Gasteiger partial charge is 0.298 e. The molecule has 0 aromatic carbocycles. The van der Waals surface area contributed by atoms with Crippen molar-refractivity contribution < 1.29 is 4.79 Å². The van der Waals surface area contributed by atoms with E-state index in [2.05, 4.69) is 5.43 Å². The van der Waals surface area contributed by atoms with E-state index in [0.717, 1.165) is 0 Å². The summed E-state index contributed by atoms with van der Waals surface area (Å²) in [7, 11) is 3.72. The Morgan fingerprint density at radius 3 is 2.00 bits per heavy atom. The van der Waals surface area contributed by atoms with Crippen molar-refractivity contribution >= 4 is 5.91 Å². The number of nitrogens with one attached hydrogen (secondary N) is 1. The molecule has 0 aromatic heterocycles. The Bertz CT molecular complexity index is 126. The van der Waals surface area contributed by atoms with Gasteiger partial charge in [0.1, 0.15) is 0 Å². The highest BCUT2D eigenvalue weighted by molar-refractivity contribution is 5.81. The van der Waals surface area contributed by atoms with Crippen LogP contribution in [0.2, 0.25) is 0 Å². The van der Waals surface area contributed by atoms with E-state index in [0.29, 0.717) is 0 Å². The van der Waals surface area contributed by atoms with Gasteiger partial charge < -0.3 is 0 Å². The lowest BCUT2D eigenvalue weighted by Crippen LogP contribution is -2.48. The van der Waals surface area contributed by atoms with Crippen molar-refractivity contribution in [2.45, 2.75) is 19.9 Å². The Balaban J connectivity index is 4.22. The maximum absolute atomic E-state index is 11.1. The van der Waals surface area contributed by atoms with Crippen molar-refractivity contribution in [2.75, 3.05) is 14.1 Å². The van der Waals surface area contributed by atoms with Gasteiger partial charge in [-0.3, -0.25) is 15.1 Å². The number of nitrogens with two attached hydrogens (primary N) is 1. The van der Waals surface area contributed by atoms with Gasteiger partial charge in [-0.15, -0.1) is 0 Å². The fourth-order valence-corrected chi connectivity index (χ4v) is 1.22. The van der Waals surface area contributed by atoms with Crippen LogP contribution >= 0.6 is 0 Å². The molecule has 0 aliphatic rings. The third kappa shape index (κ3) is 2.86. The molecule has 0 radical (unpaired) electrons. The topological polar surface area (TPSA) is 58.4 Å². The van der Waals surface area contributed by atoms with E-state index in [-0.39, 0.29) is 17.9 Å². The predicted molar refractivity (Wildman–Crippen MR) is 44.6 cm³/mol. The van der Waals surface area contributed by atoms with Crippen LogP contribution in [0.15, 0.2) is 0 Å². The van der Waals surface area contributed by atoms with Crippen molar-refractivity contribution in [1.29, 1.82) is 0 Å². The number of carbonyl (C=O) groups is 1. The third-order valence-corrected chi connectivity index (χ3v) is 1.60. The van der Waals surface area contributed by atoms with E-state index < -0.39 is 0 Å². The number of hydrogen-bond donors (Lipinski definition) is 2. The molecule has 0 aliphatic carbocycles. The number of nitrogens with zero attached hydrogens (tertiary/aromatic N) is 1. The molecule has 4 heteroatoms. The van der Waals surface area contributed by atoms with Gasteiger partial charge >= 0.3 is 0 Å². The summed E-state index contributed by atoms with van der Waals surface area (Å²) in [5.41, 5.74) is 2.15. The summed E-state index contributed by atoms with van der Waals surface area (Å²) in [6.45, 7) is 3.97. The Morgan fingerprint density at radius 1 is 1.45 bits per heavy atom. The third-order valence-electron chi connectivity index (χ3n) is 1.60. The van der Waals surface area contributed by atoms with E-state index in [1.54, 1.807) is 0 Å². The zero-order valence-corrected chi connectivity index (χ0v) is 7.59. The van der Waals surface area contributed by atoms with Crippen LogP contribution in [0, 0.1) is 5.92 Å². The second-order valence-corrected chi connectivity index (χ2v) is 3.16. The highest BCUT2D eigenvalue weighted by Crippen LogP contribution is 2.06. The average Bonchev–Trinajstić information content (AvgIpc) is 1.85. The fraction of sp³-hybridized carbons (Fsp3) is 0.857. The quantitative estimate of drug-likeness (QED) is 0.333. The minimum Gasteiger partial charge on any atom is -0.298 e. The molecule has 3 N–H and O–H groups in total. The average molecular weight is 159 g/mol. The molecule has 0 saturated heterocycles. The Morgan fingerprint density at radius 2 is 1.91 bits per heavy atom. The summed E-state index contributed by atoms with van der Waals surface area (Å²) in [6.07, 6.45) is 0. The Hall–Kier alpha value is -0.610. The standard InChI is InChI=1S/C7H17N3O/c1-5(2)6(10(3)4)7(11)9-8/h5-6H,8H2,1-4H3,(H,9,11)/t6-/m0/s1. The van der Waals surface area contributed by atoms with Crippen molar-refractivity contribution in [3.63, 3.8) is 0 Å². The molecule has 0 unspecified atom stereocenters. The van der Waals surface area contributed by atoms with E-state index in [1.165, 1.54) is 0 Å². The smallest absolute Gasteiger partial charge is 0.251 e. The maximum Gasteiger partial charge on any atom is 0.251 e. The summed E-state index contributed by atoms with van der Waals surface area (Å²) in [5.74, 6) is 5.16. The Labute approximate surface area is 67.7 Å². The first-order valence-electron chi connectivity index (χ1n) is 3.67. The van der Waals surface area contributed by atoms with Crippen LogP contribution in [0.1, 0.15) is 13.8 Å². The number of hydrazine groups is 1. The summed E-state index contributed by atoms with van der Waals surface area (Å²) < 4.78 is 0. The molecule has 0 saturated carbocycles. The molecule has 11 heavy (non-hydrogen) atoms. The molecule has 0 aromatic rings. The molecule has 0 bridgehead atoms. The number of likely N-dealkylation sites (N-methyl/N-ethyl adjacent to an activating group) is 1. The summed E-state index contributed by atoms with van der Waals surface area (Å²) in [6, 6.07) is -0.139. The lowest BCUT2D eigenvalue weighted by atomic mass is 10.0. The van der Waals surface area contributed by atoms with Crippen LogP contribution in [-0.2, 0) is 4.79 Å². The van der Waals surface area contributed by atoms with Gasteiger partial charge in [-0.2, -0.15) is 0 Å². The molecule has 0 fully saturated rings. The van der Waals surface area contributed by atoms with Gasteiger partial charge in [0.2, 0.25) is 0 Å². The van der Waals surface area contributed by atoms with Crippen molar-refractivity contribution in [3.05, 3.63) is 0 Å². The van der Waals surface area contributed by atoms with E-state index in [1.807, 2.05) is 32.8 Å². The minimum absolute atomic E-state index is 0.134. The minimum atomic E-state index is -0.139. The number of amides is 1. The molecular formula is C7H17N3O. The highest BCUT2D eigenvalue weighted by atomic mass is 16.2. The normalized spacial score (nSPS) is 13.7. The van der Waals surface area contributed by atoms with Gasteiger partial charge in [-0.05, 0) is 20.0 Å². The van der Waals surface area contributed by atoms with Crippen molar-refractivity contribution in [2.24, 2.45) is 11.8 Å². The van der Waals surface area contributed by atoms with Gasteiger partial charge in [0.25, 0.3) is 5.91 Å². The van der Waals surface area contributed by atoms with E-state index >= 15 is 0 Å². The SMILES string of the molecule is CC(C)[C@@H](C(=O)NN)N(C)C. The van der Waals surface area contributed by atoms with Crippen molar-refractivity contribution in [3.8, 4) is 0 Å². The second kappa shape index (κ2) is 4.31. The van der Waals surface area contributed by atoms with Crippen LogP contribution in [0.3, 0.4) is 0 Å².